The maximum atomic E-state index is 12.3. The highest BCUT2D eigenvalue weighted by Gasteiger charge is 2.27. The van der Waals surface area contributed by atoms with Crippen LogP contribution in [0.25, 0.3) is 0 Å². The Morgan fingerprint density at radius 2 is 2.26 bits per heavy atom. The van der Waals surface area contributed by atoms with Crippen molar-refractivity contribution < 1.29 is 8.42 Å². The van der Waals surface area contributed by atoms with Gasteiger partial charge in [-0.1, -0.05) is 6.42 Å². The van der Waals surface area contributed by atoms with Crippen LogP contribution in [0.5, 0.6) is 0 Å². The number of hydrogen-bond donors (Lipinski definition) is 2. The number of rotatable bonds is 4. The van der Waals surface area contributed by atoms with Crippen LogP contribution in [0.4, 0.5) is 5.69 Å². The van der Waals surface area contributed by atoms with Gasteiger partial charge in [-0.25, -0.2) is 18.1 Å². The van der Waals surface area contributed by atoms with Crippen molar-refractivity contribution in [2.45, 2.75) is 42.0 Å². The third-order valence-corrected chi connectivity index (χ3v) is 5.93. The Bertz CT molecular complexity index is 534. The molecule has 2 unspecified atom stereocenters. The van der Waals surface area contributed by atoms with Crippen molar-refractivity contribution in [3.8, 4) is 0 Å². The number of nitrogens with one attached hydrogen (secondary N) is 1. The zero-order valence-corrected chi connectivity index (χ0v) is 12.5. The highest BCUT2D eigenvalue weighted by Crippen LogP contribution is 2.28. The predicted molar refractivity (Wildman–Crippen MR) is 78.5 cm³/mol. The molecule has 0 bridgehead atoms. The number of hydrogen-bond acceptors (Lipinski definition) is 5. The lowest BCUT2D eigenvalue weighted by atomic mass is 9.96. The van der Waals surface area contributed by atoms with Gasteiger partial charge in [-0.15, -0.1) is 0 Å². The maximum absolute atomic E-state index is 12.3. The Morgan fingerprint density at radius 1 is 1.47 bits per heavy atom. The Hall–Kier alpha value is -0.790. The molecule has 1 heterocycles. The van der Waals surface area contributed by atoms with E-state index in [1.54, 1.807) is 23.9 Å². The minimum atomic E-state index is -3.62. The van der Waals surface area contributed by atoms with Crippen molar-refractivity contribution in [1.82, 2.24) is 9.71 Å². The molecule has 106 valence electrons. The number of nitrogens with zero attached hydrogens (tertiary/aromatic N) is 1. The van der Waals surface area contributed by atoms with Gasteiger partial charge in [0.1, 0.15) is 0 Å². The lowest BCUT2D eigenvalue weighted by molar-refractivity contribution is 0.420. The van der Waals surface area contributed by atoms with E-state index in [0.29, 0.717) is 5.25 Å². The van der Waals surface area contributed by atoms with Crippen LogP contribution in [0.3, 0.4) is 0 Å². The van der Waals surface area contributed by atoms with Gasteiger partial charge in [-0.05, 0) is 37.7 Å². The van der Waals surface area contributed by atoms with E-state index in [1.165, 1.54) is 6.20 Å². The number of pyridine rings is 1. The second-order valence-electron chi connectivity index (χ2n) is 4.74. The van der Waals surface area contributed by atoms with E-state index in [1.807, 2.05) is 0 Å². The fraction of sp³-hybridized carbons (Fsp3) is 0.583. The third kappa shape index (κ3) is 3.61. The maximum Gasteiger partial charge on any atom is 0.260 e. The lowest BCUT2D eigenvalue weighted by Gasteiger charge is -2.28. The summed E-state index contributed by atoms with van der Waals surface area (Å²) in [5.74, 6) is 0. The van der Waals surface area contributed by atoms with Crippen molar-refractivity contribution in [2.75, 3.05) is 12.0 Å². The SMILES string of the molecule is CSC1CCCC(NS(=O)(=O)c2ncccc2N)C1. The first kappa shape index (κ1) is 14.6. The smallest absolute Gasteiger partial charge is 0.260 e. The van der Waals surface area contributed by atoms with Gasteiger partial charge in [0, 0.05) is 17.5 Å². The minimum Gasteiger partial charge on any atom is -0.396 e. The summed E-state index contributed by atoms with van der Waals surface area (Å²) in [6, 6.07) is 3.16. The van der Waals surface area contributed by atoms with Crippen molar-refractivity contribution in [3.05, 3.63) is 18.3 Å². The molecule has 0 amide bonds. The van der Waals surface area contributed by atoms with E-state index in [0.717, 1.165) is 25.7 Å². The molecule has 3 N–H and O–H groups in total. The number of nitrogens with two attached hydrogens (primary N) is 1. The summed E-state index contributed by atoms with van der Waals surface area (Å²) < 4.78 is 27.2. The normalized spacial score (nSPS) is 24.3. The van der Waals surface area contributed by atoms with Crippen molar-refractivity contribution in [2.24, 2.45) is 0 Å². The van der Waals surface area contributed by atoms with Gasteiger partial charge in [0.25, 0.3) is 10.0 Å². The summed E-state index contributed by atoms with van der Waals surface area (Å²) in [4.78, 5) is 3.87. The number of thioether (sulfide) groups is 1. The van der Waals surface area contributed by atoms with Gasteiger partial charge in [0.15, 0.2) is 5.03 Å². The lowest BCUT2D eigenvalue weighted by Crippen LogP contribution is -2.39. The second-order valence-corrected chi connectivity index (χ2v) is 7.51. The monoisotopic (exact) mass is 301 g/mol. The first-order valence-corrected chi connectivity index (χ1v) is 9.05. The molecule has 1 fully saturated rings. The molecule has 7 heteroatoms. The molecule has 1 aromatic heterocycles. The molecule has 0 aromatic carbocycles. The van der Waals surface area contributed by atoms with E-state index in [-0.39, 0.29) is 16.8 Å². The highest BCUT2D eigenvalue weighted by molar-refractivity contribution is 7.99. The first-order valence-electron chi connectivity index (χ1n) is 6.28. The summed E-state index contributed by atoms with van der Waals surface area (Å²) in [6.45, 7) is 0. The summed E-state index contributed by atoms with van der Waals surface area (Å²) in [5.41, 5.74) is 5.87. The molecule has 2 rings (SSSR count). The average Bonchev–Trinajstić information content (AvgIpc) is 2.38. The second kappa shape index (κ2) is 6.11. The topological polar surface area (TPSA) is 85.1 Å². The molecule has 1 aliphatic rings. The van der Waals surface area contributed by atoms with Gasteiger partial charge in [-0.2, -0.15) is 11.8 Å². The molecule has 5 nitrogen and oxygen atoms in total. The first-order chi connectivity index (χ1) is 9.03. The molecule has 0 aliphatic heterocycles. The fourth-order valence-corrected chi connectivity index (χ4v) is 4.54. The molecule has 1 saturated carbocycles. The summed E-state index contributed by atoms with van der Waals surface area (Å²) >= 11 is 1.80. The van der Waals surface area contributed by atoms with Gasteiger partial charge in [-0.3, -0.25) is 0 Å². The Morgan fingerprint density at radius 3 is 2.95 bits per heavy atom. The number of sulfonamides is 1. The van der Waals surface area contributed by atoms with Gasteiger partial charge in [0.05, 0.1) is 5.69 Å². The standard InChI is InChI=1S/C12H19N3O2S2/c1-18-10-5-2-4-9(8-10)15-19(16,17)12-11(13)6-3-7-14-12/h3,6-7,9-10,15H,2,4-5,8,13H2,1H3. The number of anilines is 1. The molecule has 0 radical (unpaired) electrons. The van der Waals surface area contributed by atoms with Crippen molar-refractivity contribution in [1.29, 1.82) is 0 Å². The van der Waals surface area contributed by atoms with E-state index < -0.39 is 10.0 Å². The van der Waals surface area contributed by atoms with Crippen molar-refractivity contribution >= 4 is 27.5 Å². The van der Waals surface area contributed by atoms with Gasteiger partial charge >= 0.3 is 0 Å². The molecule has 19 heavy (non-hydrogen) atoms. The van der Waals surface area contributed by atoms with Crippen LogP contribution >= 0.6 is 11.8 Å². The predicted octanol–water partition coefficient (Wildman–Crippen LogP) is 1.62. The minimum absolute atomic E-state index is 0.0161. The van der Waals surface area contributed by atoms with Crippen LogP contribution in [-0.4, -0.2) is 30.9 Å². The zero-order chi connectivity index (χ0) is 13.9. The van der Waals surface area contributed by atoms with Crippen LogP contribution in [0.2, 0.25) is 0 Å². The summed E-state index contributed by atoms with van der Waals surface area (Å²) in [5, 5.41) is 0.462. The summed E-state index contributed by atoms with van der Waals surface area (Å²) in [7, 11) is -3.62. The van der Waals surface area contributed by atoms with Crippen molar-refractivity contribution in [3.63, 3.8) is 0 Å². The molecule has 1 aliphatic carbocycles. The van der Waals surface area contributed by atoms with Gasteiger partial charge < -0.3 is 5.73 Å². The molecule has 1 aromatic rings. The zero-order valence-electron chi connectivity index (χ0n) is 10.9. The number of nitrogen functional groups attached to an aromatic ring is 1. The van der Waals surface area contributed by atoms with E-state index >= 15 is 0 Å². The van der Waals surface area contributed by atoms with Crippen LogP contribution in [0.15, 0.2) is 23.4 Å². The Labute approximate surface area is 118 Å². The van der Waals surface area contributed by atoms with Crippen LogP contribution < -0.4 is 10.5 Å². The fourth-order valence-electron chi connectivity index (χ4n) is 2.37. The average molecular weight is 301 g/mol. The Balaban J connectivity index is 2.11. The largest absolute Gasteiger partial charge is 0.396 e. The van der Waals surface area contributed by atoms with Gasteiger partial charge in [0.2, 0.25) is 0 Å². The molecule has 0 saturated heterocycles. The summed E-state index contributed by atoms with van der Waals surface area (Å²) in [6.07, 6.45) is 7.46. The Kier molecular flexibility index (Phi) is 4.70. The number of aromatic nitrogens is 1. The van der Waals surface area contributed by atoms with Crippen LogP contribution in [-0.2, 0) is 10.0 Å². The highest BCUT2D eigenvalue weighted by atomic mass is 32.2. The molecular weight excluding hydrogens is 282 g/mol. The van der Waals surface area contributed by atoms with Crippen LogP contribution in [0, 0.1) is 0 Å². The molecule has 0 spiro atoms. The molecular formula is C12H19N3O2S2. The van der Waals surface area contributed by atoms with E-state index in [2.05, 4.69) is 16.0 Å². The quantitative estimate of drug-likeness (QED) is 0.882. The third-order valence-electron chi connectivity index (χ3n) is 3.34. The van der Waals surface area contributed by atoms with E-state index in [4.69, 9.17) is 5.73 Å². The molecule has 2 atom stereocenters. The van der Waals surface area contributed by atoms with Crippen LogP contribution in [0.1, 0.15) is 25.7 Å². The van der Waals surface area contributed by atoms with E-state index in [9.17, 15) is 8.42 Å².